The van der Waals surface area contributed by atoms with E-state index in [1.807, 2.05) is 45.0 Å². The summed E-state index contributed by atoms with van der Waals surface area (Å²) in [7, 11) is -1.89. The molecule has 7 atom stereocenters. The van der Waals surface area contributed by atoms with Crippen molar-refractivity contribution in [2.24, 2.45) is 17.3 Å². The van der Waals surface area contributed by atoms with Crippen molar-refractivity contribution in [1.82, 2.24) is 30.1 Å². The highest BCUT2D eigenvalue weighted by molar-refractivity contribution is 7.91. The number of nitrogens with zero attached hydrogens (tertiary/aromatic N) is 3. The topological polar surface area (TPSA) is 186 Å². The van der Waals surface area contributed by atoms with E-state index in [0.717, 1.165) is 74.7 Å². The fourth-order valence-corrected chi connectivity index (χ4v) is 10.5. The molecule has 1 aromatic carbocycles. The lowest BCUT2D eigenvalue weighted by Crippen LogP contribution is -2.60. The third kappa shape index (κ3) is 8.93. The summed E-state index contributed by atoms with van der Waals surface area (Å²) in [5, 5.41) is 6.61. The number of hydrogen-bond donors (Lipinski definition) is 3. The molecule has 0 unspecified atom stereocenters. The maximum atomic E-state index is 14.9. The van der Waals surface area contributed by atoms with Gasteiger partial charge in [-0.1, -0.05) is 51.8 Å². The molecule has 3 N–H and O–H groups in total. The number of carbonyl (C=O) groups is 4. The smallest absolute Gasteiger partial charge is 0.408 e. The molecule has 8 rings (SSSR count). The van der Waals surface area contributed by atoms with Crippen LogP contribution in [0.15, 0.2) is 36.9 Å². The molecular weight excluding hydrogens is 801 g/mol. The number of sulfonamides is 1. The van der Waals surface area contributed by atoms with Gasteiger partial charge in [-0.2, -0.15) is 0 Å². The minimum atomic E-state index is -4.01. The van der Waals surface area contributed by atoms with Crippen LogP contribution in [0, 0.1) is 17.3 Å². The number of ether oxygens (including phenoxy) is 3. The number of piperidine rings is 1. The van der Waals surface area contributed by atoms with E-state index < -0.39 is 73.6 Å². The highest BCUT2D eigenvalue weighted by Gasteiger charge is 2.63. The number of pyridine rings is 1. The number of hydrogen-bond acceptors (Lipinski definition) is 11. The van der Waals surface area contributed by atoms with Crippen LogP contribution >= 0.6 is 0 Å². The van der Waals surface area contributed by atoms with Crippen LogP contribution in [-0.2, 0) is 35.6 Å². The van der Waals surface area contributed by atoms with Crippen molar-refractivity contribution < 1.29 is 41.8 Å². The molecule has 6 aliphatic rings. The largest absolute Gasteiger partial charge is 0.489 e. The molecule has 61 heavy (non-hydrogen) atoms. The van der Waals surface area contributed by atoms with Gasteiger partial charge in [-0.3, -0.25) is 19.1 Å². The van der Waals surface area contributed by atoms with Crippen LogP contribution in [0.25, 0.3) is 10.9 Å². The first-order chi connectivity index (χ1) is 28.9. The maximum absolute atomic E-state index is 14.9. The molecule has 15 nitrogen and oxygen atoms in total. The van der Waals surface area contributed by atoms with Crippen LogP contribution < -0.4 is 24.8 Å². The number of likely N-dealkylation sites (tertiary alicyclic amines) is 1. The minimum absolute atomic E-state index is 0.0108. The fraction of sp³-hybridized carbons (Fsp3) is 0.667. The molecule has 4 amide bonds. The van der Waals surface area contributed by atoms with Gasteiger partial charge in [-0.15, -0.1) is 6.58 Å². The molecule has 1 aromatic heterocycles. The van der Waals surface area contributed by atoms with E-state index in [9.17, 15) is 27.6 Å². The van der Waals surface area contributed by atoms with Crippen LogP contribution in [0.4, 0.5) is 4.79 Å². The van der Waals surface area contributed by atoms with Crippen molar-refractivity contribution in [1.29, 1.82) is 0 Å². The summed E-state index contributed by atoms with van der Waals surface area (Å²) in [6, 6.07) is 5.62. The molecule has 2 bridgehead atoms. The Labute approximate surface area is 359 Å². The van der Waals surface area contributed by atoms with Gasteiger partial charge >= 0.3 is 6.09 Å². The second-order valence-electron chi connectivity index (χ2n) is 19.7. The van der Waals surface area contributed by atoms with Gasteiger partial charge in [0.2, 0.25) is 27.7 Å². The van der Waals surface area contributed by atoms with Crippen LogP contribution in [0.2, 0.25) is 0 Å². The van der Waals surface area contributed by atoms with Crippen LogP contribution in [-0.4, -0.2) is 114 Å². The average Bonchev–Trinajstić information content (AvgIpc) is 4.17. The van der Waals surface area contributed by atoms with E-state index in [-0.39, 0.29) is 37.5 Å². The van der Waals surface area contributed by atoms with Gasteiger partial charge in [0, 0.05) is 30.8 Å². The lowest BCUT2D eigenvalue weighted by atomic mass is 9.85. The van der Waals surface area contributed by atoms with Crippen LogP contribution in [0.1, 0.15) is 104 Å². The molecule has 3 aliphatic carbocycles. The second kappa shape index (κ2) is 16.4. The minimum Gasteiger partial charge on any atom is -0.489 e. The Morgan fingerprint density at radius 2 is 1.79 bits per heavy atom. The summed E-state index contributed by atoms with van der Waals surface area (Å²) in [5.74, 6) is -1.13. The van der Waals surface area contributed by atoms with Crippen molar-refractivity contribution in [2.45, 2.75) is 145 Å². The monoisotopic (exact) mass is 862 g/mol. The summed E-state index contributed by atoms with van der Waals surface area (Å²) in [4.78, 5) is 65.5. The fourth-order valence-electron chi connectivity index (χ4n) is 9.23. The number of aromatic nitrogens is 1. The van der Waals surface area contributed by atoms with Gasteiger partial charge in [0.05, 0.1) is 22.4 Å². The van der Waals surface area contributed by atoms with Gasteiger partial charge < -0.3 is 34.6 Å². The Kier molecular flexibility index (Phi) is 11.6. The van der Waals surface area contributed by atoms with Crippen molar-refractivity contribution in [2.75, 3.05) is 26.7 Å². The highest BCUT2D eigenvalue weighted by atomic mass is 32.2. The molecule has 2 aromatic rings. The highest BCUT2D eigenvalue weighted by Crippen LogP contribution is 2.47. The predicted molar refractivity (Wildman–Crippen MR) is 228 cm³/mol. The van der Waals surface area contributed by atoms with Crippen molar-refractivity contribution >= 4 is 44.7 Å². The summed E-state index contributed by atoms with van der Waals surface area (Å²) >= 11 is 0. The van der Waals surface area contributed by atoms with E-state index in [1.54, 1.807) is 6.92 Å². The quantitative estimate of drug-likeness (QED) is 0.311. The third-order valence-corrected chi connectivity index (χ3v) is 16.0. The Balaban J connectivity index is 1.14. The standard InChI is InChI=1S/C45H62N6O9S/c1-7-28-25-45(28,41(54)49-61(56,57)44(5)19-20-44)48-38(52)34-24-30-26-51(34)40(53)37(43(2,3)4)47-42(55)60-35-23-27(35)13-9-8-10-15-32-36(58-29-17-21-50(6)22-18-29)31-14-11-12-16-33(31)46-39(32)59-30/h7,11-12,14,16,27-30,34-35,37H,1,8-10,13,15,17-26H2,2-6H3,(H,47,55)(H,48,52)(H,49,54)/t27-,28-,30-,34+,35-,37-,45-/m1/s1. The second-order valence-corrected chi connectivity index (χ2v) is 21.9. The first-order valence-corrected chi connectivity index (χ1v) is 23.6. The molecular formula is C45H62N6O9S. The van der Waals surface area contributed by atoms with Crippen LogP contribution in [0.3, 0.4) is 0 Å². The number of carbonyl (C=O) groups excluding carboxylic acids is 4. The number of amides is 4. The third-order valence-electron chi connectivity index (χ3n) is 13.9. The van der Waals surface area contributed by atoms with E-state index >= 15 is 0 Å². The zero-order valence-corrected chi connectivity index (χ0v) is 37.0. The molecule has 0 radical (unpaired) electrons. The lowest BCUT2D eigenvalue weighted by Gasteiger charge is -2.35. The Hall–Kier alpha value is -4.44. The predicted octanol–water partition coefficient (Wildman–Crippen LogP) is 4.76. The number of alkyl carbamates (subject to hydrolysis) is 1. The molecule has 5 fully saturated rings. The number of rotatable bonds is 8. The van der Waals surface area contributed by atoms with Crippen molar-refractivity contribution in [3.8, 4) is 11.6 Å². The van der Waals surface area contributed by atoms with E-state index in [0.29, 0.717) is 30.7 Å². The van der Waals surface area contributed by atoms with Crippen molar-refractivity contribution in [3.63, 3.8) is 0 Å². The molecule has 3 saturated carbocycles. The Bertz CT molecular complexity index is 2180. The molecule has 2 saturated heterocycles. The molecule has 0 spiro atoms. The van der Waals surface area contributed by atoms with Gasteiger partial charge in [-0.25, -0.2) is 18.2 Å². The van der Waals surface area contributed by atoms with E-state index in [1.165, 1.54) is 11.0 Å². The first-order valence-electron chi connectivity index (χ1n) is 22.1. The number of benzene rings is 1. The van der Waals surface area contributed by atoms with Gasteiger partial charge in [0.25, 0.3) is 5.91 Å². The van der Waals surface area contributed by atoms with Crippen molar-refractivity contribution in [3.05, 3.63) is 42.5 Å². The zero-order chi connectivity index (χ0) is 43.5. The van der Waals surface area contributed by atoms with E-state index in [2.05, 4.69) is 33.9 Å². The summed E-state index contributed by atoms with van der Waals surface area (Å²) < 4.78 is 47.1. The van der Waals surface area contributed by atoms with Gasteiger partial charge in [-0.05, 0) is 95.2 Å². The van der Waals surface area contributed by atoms with Crippen LogP contribution in [0.5, 0.6) is 11.6 Å². The molecule has 332 valence electrons. The number of para-hydroxylation sites is 1. The SMILES string of the molecule is C=C[C@@H]1C[C@]1(NC(=O)[C@@H]1C[C@@H]2CN1C(=O)[C@H](C(C)(C)C)NC(=O)O[C@@H]1C[C@H]1CCCCCc1c(nc3ccccc3c1OC1CCN(C)CC1)O2)C(=O)NS(=O)(=O)C1(C)CC1. The van der Waals surface area contributed by atoms with E-state index in [4.69, 9.17) is 19.2 Å². The number of nitrogens with one attached hydrogen (secondary N) is 3. The molecule has 4 heterocycles. The average molecular weight is 863 g/mol. The number of fused-ring (bicyclic) bond motifs is 5. The summed E-state index contributed by atoms with van der Waals surface area (Å²) in [6.07, 6.45) is 7.76. The Morgan fingerprint density at radius 3 is 2.48 bits per heavy atom. The summed E-state index contributed by atoms with van der Waals surface area (Å²) in [5.41, 5.74) is -0.818. The first kappa shape index (κ1) is 43.2. The van der Waals surface area contributed by atoms with Gasteiger partial charge in [0.1, 0.15) is 41.7 Å². The van der Waals surface area contributed by atoms with Gasteiger partial charge in [0.15, 0.2) is 0 Å². The normalized spacial score (nSPS) is 30.9. The maximum Gasteiger partial charge on any atom is 0.408 e. The lowest BCUT2D eigenvalue weighted by molar-refractivity contribution is -0.142. The summed E-state index contributed by atoms with van der Waals surface area (Å²) in [6.45, 7) is 12.7. The molecule has 3 aliphatic heterocycles. The zero-order valence-electron chi connectivity index (χ0n) is 36.2. The molecule has 16 heteroatoms. The Morgan fingerprint density at radius 1 is 1.05 bits per heavy atom.